The molecule has 4 nitrogen and oxygen atoms in total. The van der Waals surface area contributed by atoms with Crippen molar-refractivity contribution in [1.29, 1.82) is 0 Å². The van der Waals surface area contributed by atoms with Crippen LogP contribution in [0.3, 0.4) is 0 Å². The minimum absolute atomic E-state index is 0.0404. The molecule has 0 bridgehead atoms. The number of carbonyl (C=O) groups excluding carboxylic acids is 1. The fourth-order valence-corrected chi connectivity index (χ4v) is 1.98. The molecule has 0 saturated carbocycles. The number of hydrogen-bond acceptors (Lipinski definition) is 3. The molecule has 0 radical (unpaired) electrons. The minimum atomic E-state index is -1.14. The maximum absolute atomic E-state index is 11.7. The van der Waals surface area contributed by atoms with E-state index in [1.165, 1.54) is 12.1 Å². The predicted octanol–water partition coefficient (Wildman–Crippen LogP) is 3.44. The molecular formula is C12H12Br2O4. The maximum atomic E-state index is 11.7. The first-order valence-electron chi connectivity index (χ1n) is 5.30. The highest BCUT2D eigenvalue weighted by Crippen LogP contribution is 2.15. The average Bonchev–Trinajstić information content (AvgIpc) is 2.34. The van der Waals surface area contributed by atoms with Crippen LogP contribution >= 0.6 is 31.9 Å². The number of rotatable bonds is 6. The Morgan fingerprint density at radius 3 is 2.39 bits per heavy atom. The number of ether oxygens (including phenoxy) is 1. The number of halogens is 2. The fourth-order valence-electron chi connectivity index (χ4n) is 1.33. The van der Waals surface area contributed by atoms with Crippen LogP contribution in [0.4, 0.5) is 0 Å². The number of aromatic carboxylic acids is 1. The minimum Gasteiger partial charge on any atom is -0.478 e. The second kappa shape index (κ2) is 7.53. The SMILES string of the molecule is O=C(O)c1ccccc1C(=O)OCCCC(Br)Br. The van der Waals surface area contributed by atoms with Crippen molar-refractivity contribution in [2.75, 3.05) is 6.61 Å². The summed E-state index contributed by atoms with van der Waals surface area (Å²) in [6.07, 6.45) is 1.51. The first kappa shape index (κ1) is 15.2. The van der Waals surface area contributed by atoms with Gasteiger partial charge >= 0.3 is 11.9 Å². The van der Waals surface area contributed by atoms with Gasteiger partial charge in [-0.1, -0.05) is 44.0 Å². The van der Waals surface area contributed by atoms with E-state index in [9.17, 15) is 9.59 Å². The summed E-state index contributed by atoms with van der Waals surface area (Å²) in [5, 5.41) is 8.94. The normalized spacial score (nSPS) is 10.4. The van der Waals surface area contributed by atoms with Gasteiger partial charge in [0.2, 0.25) is 0 Å². The molecule has 1 N–H and O–H groups in total. The summed E-state index contributed by atoms with van der Waals surface area (Å²) in [6, 6.07) is 6.01. The van der Waals surface area contributed by atoms with E-state index in [1.807, 2.05) is 0 Å². The summed E-state index contributed by atoms with van der Waals surface area (Å²) < 4.78 is 5.22. The van der Waals surface area contributed by atoms with Crippen LogP contribution in [-0.4, -0.2) is 27.4 Å². The van der Waals surface area contributed by atoms with Gasteiger partial charge in [-0.25, -0.2) is 9.59 Å². The Balaban J connectivity index is 2.59. The highest BCUT2D eigenvalue weighted by Gasteiger charge is 2.16. The van der Waals surface area contributed by atoms with Gasteiger partial charge < -0.3 is 9.84 Å². The molecule has 18 heavy (non-hydrogen) atoms. The van der Waals surface area contributed by atoms with Crippen LogP contribution in [0.5, 0.6) is 0 Å². The number of hydrogen-bond donors (Lipinski definition) is 1. The Hall–Kier alpha value is -0.880. The molecule has 0 unspecified atom stereocenters. The molecule has 1 rings (SSSR count). The lowest BCUT2D eigenvalue weighted by atomic mass is 10.1. The highest BCUT2D eigenvalue weighted by molar-refractivity contribution is 9.24. The smallest absolute Gasteiger partial charge is 0.339 e. The van der Waals surface area contributed by atoms with E-state index in [1.54, 1.807) is 12.1 Å². The van der Waals surface area contributed by atoms with Crippen molar-refractivity contribution in [3.63, 3.8) is 0 Å². The summed E-state index contributed by atoms with van der Waals surface area (Å²) >= 11 is 6.63. The Labute approximate surface area is 122 Å². The molecule has 98 valence electrons. The van der Waals surface area contributed by atoms with Crippen LogP contribution in [0.25, 0.3) is 0 Å². The summed E-state index contributed by atoms with van der Waals surface area (Å²) in [6.45, 7) is 0.264. The lowest BCUT2D eigenvalue weighted by molar-refractivity contribution is 0.0489. The first-order chi connectivity index (χ1) is 8.52. The first-order valence-corrected chi connectivity index (χ1v) is 7.13. The molecule has 0 fully saturated rings. The van der Waals surface area contributed by atoms with Crippen LogP contribution in [0.2, 0.25) is 0 Å². The lowest BCUT2D eigenvalue weighted by Crippen LogP contribution is -2.12. The Bertz CT molecular complexity index is 432. The molecule has 0 aliphatic rings. The van der Waals surface area contributed by atoms with Gasteiger partial charge in [0.25, 0.3) is 0 Å². The number of alkyl halides is 2. The average molecular weight is 380 g/mol. The van der Waals surface area contributed by atoms with Crippen molar-refractivity contribution in [2.24, 2.45) is 0 Å². The van der Waals surface area contributed by atoms with E-state index >= 15 is 0 Å². The molecule has 0 aromatic heterocycles. The van der Waals surface area contributed by atoms with Crippen LogP contribution in [0, 0.1) is 0 Å². The zero-order chi connectivity index (χ0) is 13.5. The van der Waals surface area contributed by atoms with E-state index < -0.39 is 11.9 Å². The van der Waals surface area contributed by atoms with Gasteiger partial charge in [0.05, 0.1) is 21.5 Å². The van der Waals surface area contributed by atoms with Crippen molar-refractivity contribution < 1.29 is 19.4 Å². The van der Waals surface area contributed by atoms with Crippen LogP contribution < -0.4 is 0 Å². The van der Waals surface area contributed by atoms with Crippen molar-refractivity contribution in [3.05, 3.63) is 35.4 Å². The summed E-state index contributed by atoms with van der Waals surface area (Å²) in [7, 11) is 0. The second-order valence-corrected chi connectivity index (χ2v) is 6.96. The summed E-state index contributed by atoms with van der Waals surface area (Å²) in [4.78, 5) is 22.6. The van der Waals surface area contributed by atoms with Gasteiger partial charge in [-0.2, -0.15) is 0 Å². The van der Waals surface area contributed by atoms with Crippen molar-refractivity contribution >= 4 is 43.8 Å². The Morgan fingerprint density at radius 2 is 1.83 bits per heavy atom. The van der Waals surface area contributed by atoms with Crippen LogP contribution in [0.1, 0.15) is 33.6 Å². The molecule has 0 atom stereocenters. The van der Waals surface area contributed by atoms with Gasteiger partial charge in [0.15, 0.2) is 0 Å². The second-order valence-electron chi connectivity index (χ2n) is 3.52. The van der Waals surface area contributed by atoms with Gasteiger partial charge in [-0.15, -0.1) is 0 Å². The van der Waals surface area contributed by atoms with E-state index in [-0.39, 0.29) is 21.5 Å². The third kappa shape index (κ3) is 4.78. The topological polar surface area (TPSA) is 63.6 Å². The number of benzene rings is 1. The van der Waals surface area contributed by atoms with Crippen molar-refractivity contribution in [1.82, 2.24) is 0 Å². The van der Waals surface area contributed by atoms with Gasteiger partial charge in [0.1, 0.15) is 0 Å². The summed E-state index contributed by atoms with van der Waals surface area (Å²) in [5.74, 6) is -1.74. The molecule has 0 saturated heterocycles. The zero-order valence-electron chi connectivity index (χ0n) is 9.44. The van der Waals surface area contributed by atoms with Crippen molar-refractivity contribution in [3.8, 4) is 0 Å². The quantitative estimate of drug-likeness (QED) is 0.467. The van der Waals surface area contributed by atoms with E-state index in [0.29, 0.717) is 6.42 Å². The van der Waals surface area contributed by atoms with E-state index in [4.69, 9.17) is 9.84 Å². The number of esters is 1. The Morgan fingerprint density at radius 1 is 1.22 bits per heavy atom. The molecule has 0 aliphatic carbocycles. The molecular weight excluding hydrogens is 368 g/mol. The number of carboxylic acid groups (broad SMARTS) is 1. The van der Waals surface area contributed by atoms with Crippen LogP contribution in [-0.2, 0) is 4.74 Å². The molecule has 0 heterocycles. The molecule has 1 aromatic rings. The number of carboxylic acids is 1. The van der Waals surface area contributed by atoms with Gasteiger partial charge in [-0.05, 0) is 25.0 Å². The van der Waals surface area contributed by atoms with Gasteiger partial charge in [-0.3, -0.25) is 0 Å². The van der Waals surface area contributed by atoms with Crippen molar-refractivity contribution in [2.45, 2.75) is 16.6 Å². The highest BCUT2D eigenvalue weighted by atomic mass is 79.9. The fraction of sp³-hybridized carbons (Fsp3) is 0.333. The molecule has 0 spiro atoms. The lowest BCUT2D eigenvalue weighted by Gasteiger charge is -2.07. The molecule has 0 amide bonds. The third-order valence-corrected chi connectivity index (χ3v) is 3.09. The standard InChI is InChI=1S/C12H12Br2O4/c13-10(14)6-3-7-18-12(17)9-5-2-1-4-8(9)11(15)16/h1-2,4-5,10H,3,6-7H2,(H,15,16). The Kier molecular flexibility index (Phi) is 6.35. The van der Waals surface area contributed by atoms with Gasteiger partial charge in [0, 0.05) is 0 Å². The molecule has 6 heteroatoms. The predicted molar refractivity (Wildman–Crippen MR) is 74.6 cm³/mol. The van der Waals surface area contributed by atoms with E-state index in [0.717, 1.165) is 6.42 Å². The monoisotopic (exact) mass is 378 g/mol. The van der Waals surface area contributed by atoms with E-state index in [2.05, 4.69) is 31.9 Å². The number of carbonyl (C=O) groups is 2. The maximum Gasteiger partial charge on any atom is 0.339 e. The third-order valence-electron chi connectivity index (χ3n) is 2.18. The largest absolute Gasteiger partial charge is 0.478 e. The molecule has 1 aromatic carbocycles. The molecule has 0 aliphatic heterocycles. The zero-order valence-corrected chi connectivity index (χ0v) is 12.6. The summed E-state index contributed by atoms with van der Waals surface area (Å²) in [5.41, 5.74) is 0.0422. The van der Waals surface area contributed by atoms with Crippen LogP contribution in [0.15, 0.2) is 24.3 Å².